The highest BCUT2D eigenvalue weighted by atomic mass is 16.6. The lowest BCUT2D eigenvalue weighted by Gasteiger charge is -1.97. The van der Waals surface area contributed by atoms with E-state index in [4.69, 9.17) is 10.1 Å². The highest BCUT2D eigenvalue weighted by Crippen LogP contribution is 2.02. The highest BCUT2D eigenvalue weighted by Gasteiger charge is 2.06. The number of benzene rings is 1. The summed E-state index contributed by atoms with van der Waals surface area (Å²) >= 11 is 0. The van der Waals surface area contributed by atoms with Crippen LogP contribution >= 0.6 is 0 Å². The van der Waals surface area contributed by atoms with Gasteiger partial charge in [0, 0.05) is 7.05 Å². The second-order valence-electron chi connectivity index (χ2n) is 3.55. The Morgan fingerprint density at radius 2 is 2.22 bits per heavy atom. The molecule has 1 aromatic heterocycles. The average Bonchev–Trinajstić information content (AvgIpc) is 2.76. The minimum Gasteiger partial charge on any atom is -0.391 e. The molecule has 0 amide bonds. The number of nitriles is 1. The molecule has 0 bridgehead atoms. The molecule has 6 heteroatoms. The summed E-state index contributed by atoms with van der Waals surface area (Å²) in [6.07, 6.45) is 1.38. The van der Waals surface area contributed by atoms with Crippen LogP contribution in [0, 0.1) is 11.3 Å². The van der Waals surface area contributed by atoms with E-state index >= 15 is 0 Å². The van der Waals surface area contributed by atoms with Crippen LogP contribution in [0.5, 0.6) is 0 Å². The van der Waals surface area contributed by atoms with Crippen LogP contribution in [0.3, 0.4) is 0 Å². The fourth-order valence-electron chi connectivity index (χ4n) is 1.36. The third-order valence-electron chi connectivity index (χ3n) is 2.28. The summed E-state index contributed by atoms with van der Waals surface area (Å²) in [5, 5.41) is 20.2. The molecule has 0 fully saturated rings. The molecular weight excluding hydrogens is 230 g/mol. The smallest absolute Gasteiger partial charge is 0.167 e. The standard InChI is InChI=1S/C12H11N5O/c1-17-12(7-13)11(15-16-17)8-14-18-9-10-5-3-2-4-6-10/h2-6,8H,9H2,1H3. The second-order valence-corrected chi connectivity index (χ2v) is 3.55. The summed E-state index contributed by atoms with van der Waals surface area (Å²) < 4.78 is 1.39. The van der Waals surface area contributed by atoms with Crippen LogP contribution in [0.25, 0.3) is 0 Å². The van der Waals surface area contributed by atoms with Crippen LogP contribution in [-0.2, 0) is 18.5 Å². The number of aromatic nitrogens is 3. The first-order valence-electron chi connectivity index (χ1n) is 5.30. The van der Waals surface area contributed by atoms with E-state index < -0.39 is 0 Å². The lowest BCUT2D eigenvalue weighted by molar-refractivity contribution is 0.132. The first kappa shape index (κ1) is 11.8. The van der Waals surface area contributed by atoms with Gasteiger partial charge < -0.3 is 4.84 Å². The first-order chi connectivity index (χ1) is 8.81. The Morgan fingerprint density at radius 1 is 1.44 bits per heavy atom. The fourth-order valence-corrected chi connectivity index (χ4v) is 1.36. The monoisotopic (exact) mass is 241 g/mol. The zero-order chi connectivity index (χ0) is 12.8. The topological polar surface area (TPSA) is 76.1 Å². The van der Waals surface area contributed by atoms with Gasteiger partial charge in [-0.3, -0.25) is 0 Å². The number of nitrogens with zero attached hydrogens (tertiary/aromatic N) is 5. The van der Waals surface area contributed by atoms with Crippen molar-refractivity contribution in [3.8, 4) is 6.07 Å². The normalized spacial score (nSPS) is 10.4. The molecular formula is C12H11N5O. The predicted molar refractivity (Wildman–Crippen MR) is 64.5 cm³/mol. The second kappa shape index (κ2) is 5.59. The van der Waals surface area contributed by atoms with E-state index in [1.54, 1.807) is 7.05 Å². The Balaban J connectivity index is 1.94. The van der Waals surface area contributed by atoms with Crippen molar-refractivity contribution in [1.29, 1.82) is 5.26 Å². The van der Waals surface area contributed by atoms with Gasteiger partial charge in [0.25, 0.3) is 0 Å². The number of oxime groups is 1. The van der Waals surface area contributed by atoms with Crippen LogP contribution in [0.4, 0.5) is 0 Å². The van der Waals surface area contributed by atoms with Crippen molar-refractivity contribution < 1.29 is 4.84 Å². The van der Waals surface area contributed by atoms with Gasteiger partial charge in [-0.05, 0) is 5.56 Å². The maximum absolute atomic E-state index is 8.87. The largest absolute Gasteiger partial charge is 0.391 e. The van der Waals surface area contributed by atoms with E-state index in [2.05, 4.69) is 15.5 Å². The molecule has 1 aromatic carbocycles. The zero-order valence-corrected chi connectivity index (χ0v) is 9.82. The molecule has 0 radical (unpaired) electrons. The summed E-state index contributed by atoms with van der Waals surface area (Å²) in [5.74, 6) is 0. The lowest BCUT2D eigenvalue weighted by atomic mass is 10.2. The molecule has 90 valence electrons. The quantitative estimate of drug-likeness (QED) is 0.596. The molecule has 6 nitrogen and oxygen atoms in total. The van der Waals surface area contributed by atoms with Crippen molar-refractivity contribution in [2.45, 2.75) is 6.61 Å². The lowest BCUT2D eigenvalue weighted by Crippen LogP contribution is -1.95. The van der Waals surface area contributed by atoms with Crippen LogP contribution in [-0.4, -0.2) is 21.2 Å². The van der Waals surface area contributed by atoms with Crippen molar-refractivity contribution in [3.63, 3.8) is 0 Å². The Labute approximate surface area is 104 Å². The average molecular weight is 241 g/mol. The van der Waals surface area contributed by atoms with Gasteiger partial charge in [0.15, 0.2) is 5.69 Å². The van der Waals surface area contributed by atoms with Gasteiger partial charge in [-0.15, -0.1) is 5.10 Å². The highest BCUT2D eigenvalue weighted by molar-refractivity contribution is 5.79. The Kier molecular flexibility index (Phi) is 3.66. The van der Waals surface area contributed by atoms with Crippen molar-refractivity contribution in [2.75, 3.05) is 0 Å². The Bertz CT molecular complexity index is 582. The molecule has 0 spiro atoms. The molecule has 0 aliphatic rings. The van der Waals surface area contributed by atoms with E-state index in [0.717, 1.165) is 5.56 Å². The zero-order valence-electron chi connectivity index (χ0n) is 9.82. The van der Waals surface area contributed by atoms with Crippen molar-refractivity contribution >= 4 is 6.21 Å². The van der Waals surface area contributed by atoms with Crippen LogP contribution in [0.2, 0.25) is 0 Å². The van der Waals surface area contributed by atoms with Gasteiger partial charge in [-0.2, -0.15) is 5.26 Å². The number of rotatable bonds is 4. The van der Waals surface area contributed by atoms with Gasteiger partial charge in [-0.25, -0.2) is 4.68 Å². The van der Waals surface area contributed by atoms with Crippen LogP contribution in [0.15, 0.2) is 35.5 Å². The predicted octanol–water partition coefficient (Wildman–Crippen LogP) is 1.24. The summed E-state index contributed by atoms with van der Waals surface area (Å²) in [4.78, 5) is 5.12. The summed E-state index contributed by atoms with van der Waals surface area (Å²) in [5.41, 5.74) is 1.77. The third kappa shape index (κ3) is 2.71. The van der Waals surface area contributed by atoms with Gasteiger partial charge in [0.05, 0.1) is 6.21 Å². The van der Waals surface area contributed by atoms with Gasteiger partial charge in [0.1, 0.15) is 18.4 Å². The molecule has 2 rings (SSSR count). The molecule has 1 heterocycles. The number of aryl methyl sites for hydroxylation is 1. The third-order valence-corrected chi connectivity index (χ3v) is 2.28. The van der Waals surface area contributed by atoms with Crippen molar-refractivity contribution in [3.05, 3.63) is 47.3 Å². The summed E-state index contributed by atoms with van der Waals surface area (Å²) in [6.45, 7) is 0.374. The van der Waals surface area contributed by atoms with Crippen molar-refractivity contribution in [2.24, 2.45) is 12.2 Å². The molecule has 0 unspecified atom stereocenters. The molecule has 0 saturated carbocycles. The van der Waals surface area contributed by atoms with E-state index in [9.17, 15) is 0 Å². The van der Waals surface area contributed by atoms with Gasteiger partial charge in [0.2, 0.25) is 0 Å². The van der Waals surface area contributed by atoms with E-state index in [-0.39, 0.29) is 0 Å². The molecule has 0 saturated heterocycles. The van der Waals surface area contributed by atoms with Gasteiger partial charge >= 0.3 is 0 Å². The summed E-state index contributed by atoms with van der Waals surface area (Å²) in [7, 11) is 1.65. The maximum Gasteiger partial charge on any atom is 0.167 e. The molecule has 0 atom stereocenters. The van der Waals surface area contributed by atoms with Crippen LogP contribution in [0.1, 0.15) is 17.0 Å². The number of hydrogen-bond donors (Lipinski definition) is 0. The molecule has 2 aromatic rings. The molecule has 0 N–H and O–H groups in total. The van der Waals surface area contributed by atoms with Crippen LogP contribution < -0.4 is 0 Å². The Morgan fingerprint density at radius 3 is 2.94 bits per heavy atom. The summed E-state index contributed by atoms with van der Waals surface area (Å²) in [6, 6.07) is 11.7. The molecule has 0 aliphatic heterocycles. The SMILES string of the molecule is Cn1nnc(C=NOCc2ccccc2)c1C#N. The maximum atomic E-state index is 8.87. The number of hydrogen-bond acceptors (Lipinski definition) is 5. The minimum absolute atomic E-state index is 0.349. The van der Waals surface area contributed by atoms with E-state index in [1.165, 1.54) is 10.9 Å². The fraction of sp³-hybridized carbons (Fsp3) is 0.167. The minimum atomic E-state index is 0.349. The van der Waals surface area contributed by atoms with Gasteiger partial charge in [-0.1, -0.05) is 40.7 Å². The van der Waals surface area contributed by atoms with Crippen molar-refractivity contribution in [1.82, 2.24) is 15.0 Å². The van der Waals surface area contributed by atoms with E-state index in [1.807, 2.05) is 36.4 Å². The molecule has 0 aliphatic carbocycles. The van der Waals surface area contributed by atoms with E-state index in [0.29, 0.717) is 18.0 Å². The molecule has 18 heavy (non-hydrogen) atoms. The first-order valence-corrected chi connectivity index (χ1v) is 5.30. The Hall–Kier alpha value is -2.68.